The van der Waals surface area contributed by atoms with E-state index in [1.54, 1.807) is 6.92 Å². The third-order valence-corrected chi connectivity index (χ3v) is 5.03. The lowest BCUT2D eigenvalue weighted by atomic mass is 9.67. The maximum absolute atomic E-state index is 12.4. The molecule has 1 fully saturated rings. The van der Waals surface area contributed by atoms with E-state index in [4.69, 9.17) is 9.26 Å². The largest absolute Gasteiger partial charge is 0.485 e. The first kappa shape index (κ1) is 19.4. The molecular formula is C21H29N3O3. The molecule has 2 atom stereocenters. The number of benzene rings is 1. The molecule has 0 aliphatic heterocycles. The Balaban J connectivity index is 1.48. The Morgan fingerprint density at radius 3 is 2.67 bits per heavy atom. The average molecular weight is 371 g/mol. The summed E-state index contributed by atoms with van der Waals surface area (Å²) in [4.78, 5) is 16.5. The van der Waals surface area contributed by atoms with Crippen molar-refractivity contribution in [3.05, 3.63) is 36.0 Å². The van der Waals surface area contributed by atoms with Crippen LogP contribution in [0.25, 0.3) is 0 Å². The molecule has 27 heavy (non-hydrogen) atoms. The van der Waals surface area contributed by atoms with Gasteiger partial charge in [-0.25, -0.2) is 0 Å². The van der Waals surface area contributed by atoms with Crippen molar-refractivity contribution in [2.75, 3.05) is 5.32 Å². The molecule has 1 aromatic heterocycles. The predicted molar refractivity (Wildman–Crippen MR) is 103 cm³/mol. The second-order valence-corrected chi connectivity index (χ2v) is 8.57. The molecule has 1 N–H and O–H groups in total. The highest BCUT2D eigenvalue weighted by Crippen LogP contribution is 2.42. The van der Waals surface area contributed by atoms with Crippen LogP contribution in [0, 0.1) is 24.2 Å². The van der Waals surface area contributed by atoms with Gasteiger partial charge in [0.05, 0.1) is 0 Å². The molecule has 0 bridgehead atoms. The van der Waals surface area contributed by atoms with Crippen molar-refractivity contribution in [3.8, 4) is 5.75 Å². The Bertz CT molecular complexity index is 767. The number of anilines is 1. The molecule has 2 aromatic rings. The van der Waals surface area contributed by atoms with Gasteiger partial charge >= 0.3 is 0 Å². The van der Waals surface area contributed by atoms with Crippen LogP contribution in [0.1, 0.15) is 58.2 Å². The minimum absolute atomic E-state index is 0.0841. The maximum Gasteiger partial charge on any atom is 0.224 e. The Labute approximate surface area is 160 Å². The molecule has 6 nitrogen and oxygen atoms in total. The zero-order valence-corrected chi connectivity index (χ0v) is 16.6. The van der Waals surface area contributed by atoms with E-state index in [1.807, 2.05) is 24.3 Å². The van der Waals surface area contributed by atoms with Gasteiger partial charge in [-0.2, -0.15) is 4.98 Å². The van der Waals surface area contributed by atoms with E-state index in [0.717, 1.165) is 18.5 Å². The highest BCUT2D eigenvalue weighted by molar-refractivity contribution is 5.90. The SMILES string of the molecule is Cc1nc(COc2ccc(NC(=O)CC3CC(C)CC(C)(C)C3)cc2)no1. The minimum Gasteiger partial charge on any atom is -0.485 e. The molecule has 1 aliphatic rings. The average Bonchev–Trinajstić information content (AvgIpc) is 2.97. The van der Waals surface area contributed by atoms with Crippen LogP contribution in [0.15, 0.2) is 28.8 Å². The lowest BCUT2D eigenvalue weighted by molar-refractivity contribution is -0.117. The van der Waals surface area contributed by atoms with Crippen LogP contribution in [-0.2, 0) is 11.4 Å². The van der Waals surface area contributed by atoms with Crippen LogP contribution in [-0.4, -0.2) is 16.0 Å². The Kier molecular flexibility index (Phi) is 5.82. The van der Waals surface area contributed by atoms with Crippen molar-refractivity contribution in [2.24, 2.45) is 17.3 Å². The van der Waals surface area contributed by atoms with Gasteiger partial charge in [0.25, 0.3) is 0 Å². The first-order valence-electron chi connectivity index (χ1n) is 9.61. The van der Waals surface area contributed by atoms with Crippen molar-refractivity contribution in [1.29, 1.82) is 0 Å². The van der Waals surface area contributed by atoms with Gasteiger partial charge in [-0.3, -0.25) is 4.79 Å². The normalized spacial score (nSPS) is 21.6. The lowest BCUT2D eigenvalue weighted by Gasteiger charge is -2.38. The third kappa shape index (κ3) is 5.81. The summed E-state index contributed by atoms with van der Waals surface area (Å²) in [5.41, 5.74) is 1.12. The smallest absolute Gasteiger partial charge is 0.224 e. The number of carbonyl (C=O) groups is 1. The van der Waals surface area contributed by atoms with E-state index in [0.29, 0.717) is 41.1 Å². The molecule has 146 valence electrons. The van der Waals surface area contributed by atoms with Crippen molar-refractivity contribution >= 4 is 11.6 Å². The Morgan fingerprint density at radius 2 is 2.04 bits per heavy atom. The van der Waals surface area contributed by atoms with E-state index in [-0.39, 0.29) is 12.5 Å². The molecule has 0 spiro atoms. The van der Waals surface area contributed by atoms with Crippen LogP contribution in [0.3, 0.4) is 0 Å². The number of hydrogen-bond donors (Lipinski definition) is 1. The van der Waals surface area contributed by atoms with Gasteiger partial charge in [-0.15, -0.1) is 0 Å². The first-order valence-corrected chi connectivity index (χ1v) is 9.61. The van der Waals surface area contributed by atoms with Crippen molar-refractivity contribution in [3.63, 3.8) is 0 Å². The zero-order chi connectivity index (χ0) is 19.4. The van der Waals surface area contributed by atoms with Crippen LogP contribution in [0.4, 0.5) is 5.69 Å². The molecule has 1 aliphatic carbocycles. The van der Waals surface area contributed by atoms with Crippen molar-refractivity contribution in [2.45, 2.75) is 60.0 Å². The highest BCUT2D eigenvalue weighted by atomic mass is 16.5. The molecule has 2 unspecified atom stereocenters. The molecule has 3 rings (SSSR count). The second-order valence-electron chi connectivity index (χ2n) is 8.57. The Hall–Kier alpha value is -2.37. The molecule has 0 saturated heterocycles. The summed E-state index contributed by atoms with van der Waals surface area (Å²) < 4.78 is 10.5. The number of aryl methyl sites for hydroxylation is 1. The summed E-state index contributed by atoms with van der Waals surface area (Å²) in [5.74, 6) is 2.95. The monoisotopic (exact) mass is 371 g/mol. The fourth-order valence-electron chi connectivity index (χ4n) is 4.36. The van der Waals surface area contributed by atoms with Gasteiger partial charge in [-0.05, 0) is 60.8 Å². The molecule has 1 heterocycles. The van der Waals surface area contributed by atoms with E-state index in [9.17, 15) is 4.79 Å². The fraction of sp³-hybridized carbons (Fsp3) is 0.571. The third-order valence-electron chi connectivity index (χ3n) is 5.03. The number of carbonyl (C=O) groups excluding carboxylic acids is 1. The Morgan fingerprint density at radius 1 is 1.30 bits per heavy atom. The van der Waals surface area contributed by atoms with Crippen LogP contribution in [0.5, 0.6) is 5.75 Å². The van der Waals surface area contributed by atoms with E-state index in [2.05, 4.69) is 36.2 Å². The standard InChI is InChI=1S/C21H29N3O3/c1-14-9-16(12-21(3,4)11-14)10-20(25)23-17-5-7-18(8-6-17)26-13-19-22-15(2)27-24-19/h5-8,14,16H,9-13H2,1-4H3,(H,23,25). The molecule has 1 amide bonds. The highest BCUT2D eigenvalue weighted by Gasteiger charge is 2.32. The molecule has 6 heteroatoms. The van der Waals surface area contributed by atoms with Gasteiger partial charge < -0.3 is 14.6 Å². The van der Waals surface area contributed by atoms with E-state index < -0.39 is 0 Å². The van der Waals surface area contributed by atoms with Crippen LogP contribution in [0.2, 0.25) is 0 Å². The van der Waals surface area contributed by atoms with Gasteiger partial charge in [0, 0.05) is 19.0 Å². The summed E-state index contributed by atoms with van der Waals surface area (Å²) in [6.45, 7) is 8.90. The summed E-state index contributed by atoms with van der Waals surface area (Å²) in [6, 6.07) is 7.35. The minimum atomic E-state index is 0.0841. The summed E-state index contributed by atoms with van der Waals surface area (Å²) in [7, 11) is 0. The number of nitrogens with zero attached hydrogens (tertiary/aromatic N) is 2. The van der Waals surface area contributed by atoms with E-state index in [1.165, 1.54) is 6.42 Å². The number of aromatic nitrogens is 2. The zero-order valence-electron chi connectivity index (χ0n) is 16.6. The topological polar surface area (TPSA) is 77.2 Å². The molecular weight excluding hydrogens is 342 g/mol. The lowest BCUT2D eigenvalue weighted by Crippen LogP contribution is -2.30. The summed E-state index contributed by atoms with van der Waals surface area (Å²) >= 11 is 0. The quantitative estimate of drug-likeness (QED) is 0.793. The number of nitrogens with one attached hydrogen (secondary N) is 1. The van der Waals surface area contributed by atoms with Gasteiger partial charge in [0.2, 0.25) is 17.6 Å². The van der Waals surface area contributed by atoms with Crippen LogP contribution >= 0.6 is 0 Å². The number of amides is 1. The number of rotatable bonds is 6. The molecule has 1 saturated carbocycles. The number of ether oxygens (including phenoxy) is 1. The van der Waals surface area contributed by atoms with Crippen LogP contribution < -0.4 is 10.1 Å². The molecule has 0 radical (unpaired) electrons. The van der Waals surface area contributed by atoms with Gasteiger partial charge in [-0.1, -0.05) is 25.9 Å². The summed E-state index contributed by atoms with van der Waals surface area (Å²) in [5, 5.41) is 6.79. The predicted octanol–water partition coefficient (Wildman–Crippen LogP) is 4.75. The van der Waals surface area contributed by atoms with Crippen molar-refractivity contribution < 1.29 is 14.1 Å². The second kappa shape index (κ2) is 8.11. The fourth-order valence-corrected chi connectivity index (χ4v) is 4.36. The number of hydrogen-bond acceptors (Lipinski definition) is 5. The maximum atomic E-state index is 12.4. The first-order chi connectivity index (χ1) is 12.8. The molecule has 1 aromatic carbocycles. The summed E-state index contributed by atoms with van der Waals surface area (Å²) in [6.07, 6.45) is 4.09. The van der Waals surface area contributed by atoms with Crippen molar-refractivity contribution in [1.82, 2.24) is 10.1 Å². The van der Waals surface area contributed by atoms with Gasteiger partial charge in [0.1, 0.15) is 5.75 Å². The van der Waals surface area contributed by atoms with Gasteiger partial charge in [0.15, 0.2) is 6.61 Å². The van der Waals surface area contributed by atoms with E-state index >= 15 is 0 Å².